The molecule has 4 rings (SSSR count). The van der Waals surface area contributed by atoms with Gasteiger partial charge >= 0.3 is 0 Å². The van der Waals surface area contributed by atoms with Crippen LogP contribution in [0, 0.1) is 6.92 Å². The van der Waals surface area contributed by atoms with Crippen LogP contribution in [0.2, 0.25) is 0 Å². The quantitative estimate of drug-likeness (QED) is 0.723. The van der Waals surface area contributed by atoms with E-state index in [0.29, 0.717) is 4.91 Å². The molecule has 0 bridgehead atoms. The molecule has 2 aliphatic rings. The number of carbonyl (C=O) groups is 1. The van der Waals surface area contributed by atoms with Gasteiger partial charge in [-0.2, -0.15) is 4.99 Å². The number of hydrogen-bond acceptors (Lipinski definition) is 5. The van der Waals surface area contributed by atoms with Crippen LogP contribution < -0.4 is 4.74 Å². The van der Waals surface area contributed by atoms with Crippen LogP contribution in [0.4, 0.5) is 0 Å². The Kier molecular flexibility index (Phi) is 5.74. The van der Waals surface area contributed by atoms with Gasteiger partial charge in [-0.05, 0) is 49.0 Å². The van der Waals surface area contributed by atoms with Crippen LogP contribution >= 0.6 is 11.8 Å². The smallest absolute Gasteiger partial charge is 0.286 e. The highest BCUT2D eigenvalue weighted by Crippen LogP contribution is 2.34. The minimum atomic E-state index is -0.162. The van der Waals surface area contributed by atoms with Gasteiger partial charge in [-0.1, -0.05) is 42.0 Å². The number of aryl methyl sites for hydroxylation is 1. The van der Waals surface area contributed by atoms with Crippen LogP contribution in [0.15, 0.2) is 52.4 Å². The molecule has 0 aromatic heterocycles. The van der Waals surface area contributed by atoms with E-state index in [1.165, 1.54) is 17.3 Å². The molecule has 0 atom stereocenters. The number of aliphatic imine (C=N–C) groups is 1. The first-order chi connectivity index (χ1) is 14.0. The monoisotopic (exact) mass is 407 g/mol. The first kappa shape index (κ1) is 19.7. The second kappa shape index (κ2) is 8.43. The number of amides is 1. The van der Waals surface area contributed by atoms with Crippen LogP contribution in [0.1, 0.15) is 11.1 Å². The second-order valence-corrected chi connectivity index (χ2v) is 8.44. The number of nitrogens with zero attached hydrogens (tertiary/aromatic N) is 3. The van der Waals surface area contributed by atoms with Crippen LogP contribution in [0.5, 0.6) is 5.75 Å². The van der Waals surface area contributed by atoms with Crippen LogP contribution in [0.3, 0.4) is 0 Å². The van der Waals surface area contributed by atoms with E-state index in [1.54, 1.807) is 7.11 Å². The lowest BCUT2D eigenvalue weighted by molar-refractivity contribution is -0.113. The van der Waals surface area contributed by atoms with Crippen molar-refractivity contribution in [2.75, 3.05) is 40.3 Å². The lowest BCUT2D eigenvalue weighted by Gasteiger charge is -2.32. The van der Waals surface area contributed by atoms with Gasteiger partial charge in [0.25, 0.3) is 5.91 Å². The van der Waals surface area contributed by atoms with E-state index in [1.807, 2.05) is 24.3 Å². The third-order valence-electron chi connectivity index (χ3n) is 5.27. The molecule has 2 aromatic rings. The fraction of sp³-hybridized carbons (Fsp3) is 0.304. The Morgan fingerprint density at radius 2 is 1.79 bits per heavy atom. The number of benzene rings is 2. The van der Waals surface area contributed by atoms with Crippen LogP contribution in [-0.4, -0.2) is 61.2 Å². The molecule has 0 N–H and O–H groups in total. The minimum absolute atomic E-state index is 0.162. The predicted molar refractivity (Wildman–Crippen MR) is 120 cm³/mol. The number of thioether (sulfide) groups is 1. The molecule has 0 unspecified atom stereocenters. The van der Waals surface area contributed by atoms with Gasteiger partial charge in [0.2, 0.25) is 0 Å². The maximum Gasteiger partial charge on any atom is 0.286 e. The molecule has 1 fully saturated rings. The molecule has 1 saturated heterocycles. The number of ether oxygens (including phenoxy) is 1. The molecule has 29 heavy (non-hydrogen) atoms. The van der Waals surface area contributed by atoms with Crippen molar-refractivity contribution < 1.29 is 9.53 Å². The van der Waals surface area contributed by atoms with E-state index in [9.17, 15) is 4.79 Å². The Balaban J connectivity index is 1.54. The standard InChI is InChI=1S/C23H25N3O2S/c1-16-4-7-18(8-5-16)19-9-6-17(14-20(19)28-3)15-21-22(27)24-23(29-21)26-12-10-25(2)11-13-26/h4-9,14-15H,10-13H2,1-3H3. The van der Waals surface area contributed by atoms with Crippen molar-refractivity contribution in [1.82, 2.24) is 9.80 Å². The van der Waals surface area contributed by atoms with E-state index in [0.717, 1.165) is 53.8 Å². The molecule has 6 heteroatoms. The Morgan fingerprint density at radius 3 is 2.48 bits per heavy atom. The van der Waals surface area contributed by atoms with Crippen molar-refractivity contribution in [3.05, 3.63) is 58.5 Å². The second-order valence-electron chi connectivity index (χ2n) is 7.43. The lowest BCUT2D eigenvalue weighted by Crippen LogP contribution is -2.46. The summed E-state index contributed by atoms with van der Waals surface area (Å²) in [4.78, 5) is 21.8. The number of likely N-dealkylation sites (N-methyl/N-ethyl adjacent to an activating group) is 1. The van der Waals surface area contributed by atoms with E-state index >= 15 is 0 Å². The normalized spacial score (nSPS) is 19.0. The summed E-state index contributed by atoms with van der Waals surface area (Å²) in [6.07, 6.45) is 1.90. The number of methoxy groups -OCH3 is 1. The van der Waals surface area contributed by atoms with E-state index in [4.69, 9.17) is 4.74 Å². The average molecular weight is 408 g/mol. The average Bonchev–Trinajstić information content (AvgIpc) is 3.09. The van der Waals surface area contributed by atoms with Gasteiger partial charge in [0.15, 0.2) is 5.17 Å². The zero-order chi connectivity index (χ0) is 20.4. The summed E-state index contributed by atoms with van der Waals surface area (Å²) in [5, 5.41) is 0.817. The molecule has 0 saturated carbocycles. The Morgan fingerprint density at radius 1 is 1.07 bits per heavy atom. The number of piperazine rings is 1. The van der Waals surface area contributed by atoms with E-state index < -0.39 is 0 Å². The van der Waals surface area contributed by atoms with Crippen molar-refractivity contribution in [2.45, 2.75) is 6.92 Å². The highest BCUT2D eigenvalue weighted by molar-refractivity contribution is 8.18. The highest BCUT2D eigenvalue weighted by atomic mass is 32.2. The van der Waals surface area contributed by atoms with Gasteiger partial charge in [0, 0.05) is 31.7 Å². The Hall–Kier alpha value is -2.57. The molecular weight excluding hydrogens is 382 g/mol. The molecule has 0 aliphatic carbocycles. The van der Waals surface area contributed by atoms with Gasteiger partial charge in [-0.3, -0.25) is 4.79 Å². The molecule has 150 valence electrons. The number of carbonyl (C=O) groups excluding carboxylic acids is 1. The molecule has 2 aromatic carbocycles. The molecule has 0 spiro atoms. The molecule has 2 aliphatic heterocycles. The first-order valence-electron chi connectivity index (χ1n) is 9.74. The predicted octanol–water partition coefficient (Wildman–Crippen LogP) is 3.89. The summed E-state index contributed by atoms with van der Waals surface area (Å²) in [5.74, 6) is 0.629. The minimum Gasteiger partial charge on any atom is -0.496 e. The van der Waals surface area contributed by atoms with Crippen molar-refractivity contribution in [1.29, 1.82) is 0 Å². The zero-order valence-corrected chi connectivity index (χ0v) is 17.8. The fourth-order valence-electron chi connectivity index (χ4n) is 3.45. The topological polar surface area (TPSA) is 45.1 Å². The summed E-state index contributed by atoms with van der Waals surface area (Å²) in [6, 6.07) is 14.4. The Bertz CT molecular complexity index is 974. The highest BCUT2D eigenvalue weighted by Gasteiger charge is 2.27. The van der Waals surface area contributed by atoms with Crippen molar-refractivity contribution in [2.24, 2.45) is 4.99 Å². The van der Waals surface area contributed by atoms with Crippen molar-refractivity contribution in [3.63, 3.8) is 0 Å². The summed E-state index contributed by atoms with van der Waals surface area (Å²) >= 11 is 1.47. The molecule has 5 nitrogen and oxygen atoms in total. The van der Waals surface area contributed by atoms with Crippen LogP contribution in [0.25, 0.3) is 17.2 Å². The fourth-order valence-corrected chi connectivity index (χ4v) is 4.42. The van der Waals surface area contributed by atoms with E-state index in [2.05, 4.69) is 53.0 Å². The SMILES string of the molecule is COc1cc(C=C2SC(N3CCN(C)CC3)=NC2=O)ccc1-c1ccc(C)cc1. The van der Waals surface area contributed by atoms with Gasteiger partial charge in [0.05, 0.1) is 12.0 Å². The number of amidine groups is 1. The summed E-state index contributed by atoms with van der Waals surface area (Å²) in [7, 11) is 3.79. The first-order valence-corrected chi connectivity index (χ1v) is 10.6. The van der Waals surface area contributed by atoms with Gasteiger partial charge in [-0.25, -0.2) is 0 Å². The maximum atomic E-state index is 12.4. The summed E-state index contributed by atoms with van der Waals surface area (Å²) < 4.78 is 5.63. The number of hydrogen-bond donors (Lipinski definition) is 0. The van der Waals surface area contributed by atoms with Crippen LogP contribution in [-0.2, 0) is 4.79 Å². The molecule has 1 amide bonds. The van der Waals surface area contributed by atoms with Crippen molar-refractivity contribution in [3.8, 4) is 16.9 Å². The Labute approximate surface area is 176 Å². The van der Waals surface area contributed by atoms with Gasteiger partial charge in [-0.15, -0.1) is 0 Å². The largest absolute Gasteiger partial charge is 0.496 e. The lowest BCUT2D eigenvalue weighted by atomic mass is 10.0. The number of rotatable bonds is 3. The maximum absolute atomic E-state index is 12.4. The molecular formula is C23H25N3O2S. The van der Waals surface area contributed by atoms with Crippen molar-refractivity contribution >= 4 is 28.9 Å². The van der Waals surface area contributed by atoms with E-state index in [-0.39, 0.29) is 5.91 Å². The third-order valence-corrected chi connectivity index (χ3v) is 6.31. The molecule has 2 heterocycles. The molecule has 0 radical (unpaired) electrons. The zero-order valence-electron chi connectivity index (χ0n) is 17.0. The summed E-state index contributed by atoms with van der Waals surface area (Å²) in [5.41, 5.74) is 4.30. The summed E-state index contributed by atoms with van der Waals surface area (Å²) in [6.45, 7) is 5.87. The van der Waals surface area contributed by atoms with Gasteiger partial charge < -0.3 is 14.5 Å². The third kappa shape index (κ3) is 4.38. The van der Waals surface area contributed by atoms with Gasteiger partial charge in [0.1, 0.15) is 5.75 Å².